The van der Waals surface area contributed by atoms with E-state index in [0.29, 0.717) is 11.1 Å². The van der Waals surface area contributed by atoms with Gasteiger partial charge in [0.25, 0.3) is 5.91 Å². The van der Waals surface area contributed by atoms with E-state index in [1.54, 1.807) is 25.3 Å². The zero-order chi connectivity index (χ0) is 20.7. The van der Waals surface area contributed by atoms with Crippen molar-refractivity contribution in [1.82, 2.24) is 15.5 Å². The largest absolute Gasteiger partial charge is 0.394 e. The number of sulfone groups is 1. The maximum absolute atomic E-state index is 12.7. The van der Waals surface area contributed by atoms with Gasteiger partial charge >= 0.3 is 0 Å². The monoisotopic (exact) mass is 407 g/mol. The lowest BCUT2D eigenvalue weighted by Gasteiger charge is -2.18. The van der Waals surface area contributed by atoms with E-state index in [-0.39, 0.29) is 23.2 Å². The van der Waals surface area contributed by atoms with Crippen LogP contribution in [0, 0.1) is 0 Å². The fourth-order valence-corrected chi connectivity index (χ4v) is 3.86. The van der Waals surface area contributed by atoms with Gasteiger partial charge in [-0.2, -0.15) is 0 Å². The molecule has 1 amide bonds. The third-order valence-corrected chi connectivity index (χ3v) is 6.34. The molecule has 0 saturated carbocycles. The quantitative estimate of drug-likeness (QED) is 0.651. The smallest absolute Gasteiger partial charge is 0.253 e. The van der Waals surface area contributed by atoms with Gasteiger partial charge in [0.15, 0.2) is 9.84 Å². The number of hydrogen-bond acceptors (Lipinski definition) is 6. The summed E-state index contributed by atoms with van der Waals surface area (Å²) in [5.41, 5.74) is 2.18. The molecule has 0 aliphatic carbocycles. The minimum atomic E-state index is -3.29. The standard InChI is InChI=1S/C20H29N3O4S/c1-4-28(26,27)18-7-5-16(6-8-18)19(14-24)22-20(25)17-11-15(2)13-23(3)10-9-21-12-17/h5-8,11-12,19,21,24H,4,9-10,13-14H2,1-3H3,(H,22,25)/b15-11+,17-12+. The molecule has 1 aromatic rings. The lowest BCUT2D eigenvalue weighted by Crippen LogP contribution is -2.32. The molecular formula is C20H29N3O4S. The molecule has 1 aromatic carbocycles. The molecule has 28 heavy (non-hydrogen) atoms. The fraction of sp³-hybridized carbons (Fsp3) is 0.450. The highest BCUT2D eigenvalue weighted by Gasteiger charge is 2.18. The highest BCUT2D eigenvalue weighted by molar-refractivity contribution is 7.91. The molecular weight excluding hydrogens is 378 g/mol. The first-order valence-corrected chi connectivity index (χ1v) is 11.0. The normalized spacial score (nSPS) is 21.0. The first kappa shape index (κ1) is 22.1. The van der Waals surface area contributed by atoms with Gasteiger partial charge < -0.3 is 20.6 Å². The SMILES string of the molecule is CCS(=O)(=O)c1ccc(C(CO)NC(=O)C2=C/NCCN(C)C\C(C)=C\2)cc1. The van der Waals surface area contributed by atoms with Crippen LogP contribution in [-0.2, 0) is 14.6 Å². The Morgan fingerprint density at radius 1 is 1.32 bits per heavy atom. The second-order valence-corrected chi connectivity index (χ2v) is 9.24. The van der Waals surface area contributed by atoms with Crippen LogP contribution in [0.25, 0.3) is 0 Å². The van der Waals surface area contributed by atoms with Crippen LogP contribution in [-0.4, -0.2) is 63.4 Å². The predicted molar refractivity (Wildman–Crippen MR) is 109 cm³/mol. The summed E-state index contributed by atoms with van der Waals surface area (Å²) in [5, 5.41) is 15.7. The van der Waals surface area contributed by atoms with Crippen molar-refractivity contribution in [1.29, 1.82) is 0 Å². The van der Waals surface area contributed by atoms with Crippen LogP contribution in [0.5, 0.6) is 0 Å². The number of hydrogen-bond donors (Lipinski definition) is 3. The lowest BCUT2D eigenvalue weighted by molar-refractivity contribution is -0.118. The minimum absolute atomic E-state index is 0.0224. The van der Waals surface area contributed by atoms with Crippen molar-refractivity contribution in [3.8, 4) is 0 Å². The molecule has 0 radical (unpaired) electrons. The summed E-state index contributed by atoms with van der Waals surface area (Å²) >= 11 is 0. The van der Waals surface area contributed by atoms with Crippen LogP contribution in [0.15, 0.2) is 52.6 Å². The second-order valence-electron chi connectivity index (χ2n) is 6.96. The van der Waals surface area contributed by atoms with Gasteiger partial charge in [0, 0.05) is 25.8 Å². The van der Waals surface area contributed by atoms with Crippen molar-refractivity contribution in [2.75, 3.05) is 39.0 Å². The van der Waals surface area contributed by atoms with Crippen LogP contribution in [0.2, 0.25) is 0 Å². The molecule has 3 N–H and O–H groups in total. The molecule has 0 spiro atoms. The van der Waals surface area contributed by atoms with Crippen molar-refractivity contribution in [3.63, 3.8) is 0 Å². The number of benzene rings is 1. The summed E-state index contributed by atoms with van der Waals surface area (Å²) < 4.78 is 23.9. The van der Waals surface area contributed by atoms with E-state index in [9.17, 15) is 18.3 Å². The molecule has 8 heteroatoms. The van der Waals surface area contributed by atoms with E-state index in [2.05, 4.69) is 15.5 Å². The van der Waals surface area contributed by atoms with Gasteiger partial charge in [-0.05, 0) is 37.7 Å². The Hall–Kier alpha value is -2.16. The summed E-state index contributed by atoms with van der Waals surface area (Å²) in [4.78, 5) is 15.1. The van der Waals surface area contributed by atoms with E-state index >= 15 is 0 Å². The maximum Gasteiger partial charge on any atom is 0.253 e. The van der Waals surface area contributed by atoms with Crippen molar-refractivity contribution >= 4 is 15.7 Å². The molecule has 1 unspecified atom stereocenters. The lowest BCUT2D eigenvalue weighted by atomic mass is 10.1. The van der Waals surface area contributed by atoms with Crippen molar-refractivity contribution in [3.05, 3.63) is 53.3 Å². The van der Waals surface area contributed by atoms with Crippen LogP contribution in [0.4, 0.5) is 0 Å². The van der Waals surface area contributed by atoms with Gasteiger partial charge in [0.05, 0.1) is 28.9 Å². The summed E-state index contributed by atoms with van der Waals surface area (Å²) in [5.74, 6) is -0.283. The fourth-order valence-electron chi connectivity index (χ4n) is 2.98. The molecule has 7 nitrogen and oxygen atoms in total. The Bertz CT molecular complexity index is 845. The van der Waals surface area contributed by atoms with E-state index in [4.69, 9.17) is 0 Å². The van der Waals surface area contributed by atoms with E-state index in [0.717, 1.165) is 25.2 Å². The number of nitrogens with zero attached hydrogens (tertiary/aromatic N) is 1. The number of carbonyl (C=O) groups excluding carboxylic acids is 1. The van der Waals surface area contributed by atoms with Crippen molar-refractivity contribution < 1.29 is 18.3 Å². The molecule has 1 aliphatic heterocycles. The van der Waals surface area contributed by atoms with Gasteiger partial charge in [-0.15, -0.1) is 0 Å². The van der Waals surface area contributed by atoms with E-state index in [1.165, 1.54) is 12.1 Å². The summed E-state index contributed by atoms with van der Waals surface area (Å²) in [6.45, 7) is 5.63. The number of rotatable bonds is 6. The highest BCUT2D eigenvalue weighted by Crippen LogP contribution is 2.18. The number of carbonyl (C=O) groups is 1. The van der Waals surface area contributed by atoms with Crippen molar-refractivity contribution in [2.45, 2.75) is 24.8 Å². The Kier molecular flexibility index (Phi) is 7.79. The third kappa shape index (κ3) is 5.92. The van der Waals surface area contributed by atoms with Gasteiger partial charge in [0.2, 0.25) is 0 Å². The minimum Gasteiger partial charge on any atom is -0.394 e. The van der Waals surface area contributed by atoms with Gasteiger partial charge in [-0.3, -0.25) is 4.79 Å². The van der Waals surface area contributed by atoms with Gasteiger partial charge in [-0.25, -0.2) is 8.42 Å². The molecule has 0 bridgehead atoms. The zero-order valence-corrected chi connectivity index (χ0v) is 17.4. The molecule has 1 aliphatic rings. The van der Waals surface area contributed by atoms with E-state index in [1.807, 2.05) is 20.0 Å². The molecule has 1 atom stereocenters. The van der Waals surface area contributed by atoms with Crippen molar-refractivity contribution in [2.24, 2.45) is 0 Å². The van der Waals surface area contributed by atoms with Crippen LogP contribution in [0.1, 0.15) is 25.5 Å². The maximum atomic E-state index is 12.7. The molecule has 0 aromatic heterocycles. The van der Waals surface area contributed by atoms with Gasteiger partial charge in [-0.1, -0.05) is 24.6 Å². The number of nitrogens with one attached hydrogen (secondary N) is 2. The summed E-state index contributed by atoms with van der Waals surface area (Å²) in [7, 11) is -1.27. The number of amides is 1. The summed E-state index contributed by atoms with van der Waals surface area (Å²) in [6.07, 6.45) is 3.51. The topological polar surface area (TPSA) is 98.7 Å². The van der Waals surface area contributed by atoms with Crippen LogP contribution >= 0.6 is 0 Å². The average molecular weight is 408 g/mol. The third-order valence-electron chi connectivity index (χ3n) is 4.59. The Morgan fingerprint density at radius 3 is 2.61 bits per heavy atom. The Balaban J connectivity index is 2.17. The number of aliphatic hydroxyl groups excluding tert-OH is 1. The first-order chi connectivity index (χ1) is 13.3. The Morgan fingerprint density at radius 2 is 2.00 bits per heavy atom. The molecule has 0 saturated heterocycles. The number of likely N-dealkylation sites (N-methyl/N-ethyl adjacent to an activating group) is 1. The number of aliphatic hydroxyl groups is 1. The second kappa shape index (κ2) is 9.86. The highest BCUT2D eigenvalue weighted by atomic mass is 32.2. The molecule has 2 rings (SSSR count). The molecule has 0 fully saturated rings. The van der Waals surface area contributed by atoms with Crippen LogP contribution < -0.4 is 10.6 Å². The van der Waals surface area contributed by atoms with Gasteiger partial charge in [0.1, 0.15) is 0 Å². The molecule has 1 heterocycles. The first-order valence-electron chi connectivity index (χ1n) is 9.30. The van der Waals surface area contributed by atoms with Crippen LogP contribution in [0.3, 0.4) is 0 Å². The average Bonchev–Trinajstić information content (AvgIpc) is 2.75. The Labute approximate surface area is 167 Å². The zero-order valence-electron chi connectivity index (χ0n) is 16.6. The van der Waals surface area contributed by atoms with E-state index < -0.39 is 15.9 Å². The predicted octanol–water partition coefficient (Wildman–Crippen LogP) is 0.995. The summed E-state index contributed by atoms with van der Waals surface area (Å²) in [6, 6.07) is 5.62. The molecule has 154 valence electrons.